The average Bonchev–Trinajstić information content (AvgIpc) is 2.96. The molecule has 3 aromatic carbocycles. The number of para-hydroxylation sites is 1. The predicted molar refractivity (Wildman–Crippen MR) is 165 cm³/mol. The van der Waals surface area contributed by atoms with E-state index in [1.807, 2.05) is 13.8 Å². The van der Waals surface area contributed by atoms with Gasteiger partial charge in [-0.25, -0.2) is 8.42 Å². The van der Waals surface area contributed by atoms with E-state index in [1.54, 1.807) is 55.5 Å². The molecule has 3 aromatic rings. The second-order valence-corrected chi connectivity index (χ2v) is 12.3. The first-order valence-electron chi connectivity index (χ1n) is 13.3. The summed E-state index contributed by atoms with van der Waals surface area (Å²) in [5.41, 5.74) is 0.704. The summed E-state index contributed by atoms with van der Waals surface area (Å²) in [6.07, 6.45) is 0.264. The predicted octanol–water partition coefficient (Wildman–Crippen LogP) is 5.54. The van der Waals surface area contributed by atoms with Gasteiger partial charge in [-0.1, -0.05) is 54.4 Å². The number of ether oxygens (including phenoxy) is 2. The minimum atomic E-state index is -4.30. The molecule has 0 aliphatic heterocycles. The van der Waals surface area contributed by atoms with E-state index in [0.29, 0.717) is 21.4 Å². The number of rotatable bonds is 13. The second kappa shape index (κ2) is 14.6. The SMILES string of the molecule is CC[C@@H](C(=O)NC(C)C)N(Cc1c(Cl)cccc1Cl)C(=O)CN(c1ccccc1)S(=O)(=O)c1ccc(OC)c(OC)c1. The molecule has 0 saturated carbocycles. The van der Waals surface area contributed by atoms with Crippen LogP contribution in [0, 0.1) is 0 Å². The number of sulfonamides is 1. The zero-order valence-corrected chi connectivity index (χ0v) is 26.5. The van der Waals surface area contributed by atoms with Crippen molar-refractivity contribution in [1.82, 2.24) is 10.2 Å². The maximum absolute atomic E-state index is 14.2. The molecular formula is C30H35Cl2N3O6S. The molecule has 0 aromatic heterocycles. The third-order valence-corrected chi connectivity index (χ3v) is 8.95. The van der Waals surface area contributed by atoms with Crippen LogP contribution in [0.15, 0.2) is 71.6 Å². The zero-order chi connectivity index (χ0) is 31.0. The first kappa shape index (κ1) is 33.0. The Bertz CT molecular complexity index is 1480. The molecule has 0 aliphatic rings. The van der Waals surface area contributed by atoms with E-state index in [2.05, 4.69) is 5.32 Å². The molecule has 1 N–H and O–H groups in total. The number of carbonyl (C=O) groups excluding carboxylic acids is 2. The Balaban J connectivity index is 2.11. The molecule has 2 amide bonds. The third kappa shape index (κ3) is 7.67. The molecule has 0 heterocycles. The molecule has 9 nitrogen and oxygen atoms in total. The molecular weight excluding hydrogens is 601 g/mol. The molecule has 226 valence electrons. The van der Waals surface area contributed by atoms with Crippen molar-refractivity contribution in [3.63, 3.8) is 0 Å². The van der Waals surface area contributed by atoms with Gasteiger partial charge in [-0.3, -0.25) is 13.9 Å². The van der Waals surface area contributed by atoms with Crippen LogP contribution in [0.2, 0.25) is 10.0 Å². The molecule has 3 rings (SSSR count). The van der Waals surface area contributed by atoms with Crippen LogP contribution in [-0.2, 0) is 26.2 Å². The van der Waals surface area contributed by atoms with Crippen LogP contribution < -0.4 is 19.1 Å². The van der Waals surface area contributed by atoms with Crippen LogP contribution in [0.5, 0.6) is 11.5 Å². The maximum Gasteiger partial charge on any atom is 0.264 e. The van der Waals surface area contributed by atoms with Gasteiger partial charge in [0.15, 0.2) is 11.5 Å². The van der Waals surface area contributed by atoms with Crippen molar-refractivity contribution in [2.45, 2.75) is 50.7 Å². The maximum atomic E-state index is 14.2. The Morgan fingerprint density at radius 2 is 1.52 bits per heavy atom. The number of hydrogen-bond acceptors (Lipinski definition) is 6. The molecule has 0 bridgehead atoms. The zero-order valence-electron chi connectivity index (χ0n) is 24.1. The summed E-state index contributed by atoms with van der Waals surface area (Å²) in [6.45, 7) is 4.69. The van der Waals surface area contributed by atoms with Crippen molar-refractivity contribution < 1.29 is 27.5 Å². The van der Waals surface area contributed by atoms with Gasteiger partial charge in [-0.15, -0.1) is 0 Å². The summed E-state index contributed by atoms with van der Waals surface area (Å²) in [5, 5.41) is 3.49. The molecule has 0 aliphatic carbocycles. The number of amides is 2. The fourth-order valence-electron chi connectivity index (χ4n) is 4.38. The smallest absolute Gasteiger partial charge is 0.264 e. The quantitative estimate of drug-likeness (QED) is 0.264. The molecule has 0 fully saturated rings. The lowest BCUT2D eigenvalue weighted by Gasteiger charge is -2.34. The van der Waals surface area contributed by atoms with Gasteiger partial charge in [0.25, 0.3) is 10.0 Å². The van der Waals surface area contributed by atoms with Gasteiger partial charge in [0.05, 0.1) is 24.8 Å². The first-order valence-corrected chi connectivity index (χ1v) is 15.5. The normalized spacial score (nSPS) is 12.0. The van der Waals surface area contributed by atoms with Crippen molar-refractivity contribution in [3.05, 3.63) is 82.3 Å². The fourth-order valence-corrected chi connectivity index (χ4v) is 6.33. The lowest BCUT2D eigenvalue weighted by Crippen LogP contribution is -2.53. The number of anilines is 1. The van der Waals surface area contributed by atoms with E-state index in [4.69, 9.17) is 32.7 Å². The Hall–Kier alpha value is -3.47. The summed E-state index contributed by atoms with van der Waals surface area (Å²) in [4.78, 5) is 28.6. The van der Waals surface area contributed by atoms with Crippen molar-refractivity contribution in [2.24, 2.45) is 0 Å². The van der Waals surface area contributed by atoms with Crippen LogP contribution in [0.1, 0.15) is 32.8 Å². The van der Waals surface area contributed by atoms with Gasteiger partial charge in [0.2, 0.25) is 11.8 Å². The van der Waals surface area contributed by atoms with E-state index in [9.17, 15) is 18.0 Å². The Morgan fingerprint density at radius 1 is 0.905 bits per heavy atom. The van der Waals surface area contributed by atoms with E-state index in [0.717, 1.165) is 4.31 Å². The molecule has 12 heteroatoms. The van der Waals surface area contributed by atoms with Gasteiger partial charge in [0, 0.05) is 34.3 Å². The summed E-state index contributed by atoms with van der Waals surface area (Å²) in [6, 6.07) is 16.3. The number of halogens is 2. The molecule has 0 saturated heterocycles. The van der Waals surface area contributed by atoms with Crippen molar-refractivity contribution in [1.29, 1.82) is 0 Å². The van der Waals surface area contributed by atoms with Gasteiger partial charge < -0.3 is 19.7 Å². The standard InChI is InChI=1S/C30H35Cl2N3O6S/c1-6-26(30(37)33-20(2)3)34(18-23-24(31)13-10-14-25(23)32)29(36)19-35(21-11-8-7-9-12-21)42(38,39)22-15-16-27(40-4)28(17-22)41-5/h7-17,20,26H,6,18-19H2,1-5H3,(H,33,37)/t26-/m0/s1. The monoisotopic (exact) mass is 635 g/mol. The minimum Gasteiger partial charge on any atom is -0.493 e. The van der Waals surface area contributed by atoms with Crippen molar-refractivity contribution in [3.8, 4) is 11.5 Å². The molecule has 42 heavy (non-hydrogen) atoms. The molecule has 0 unspecified atom stereocenters. The second-order valence-electron chi connectivity index (χ2n) is 9.67. The summed E-state index contributed by atoms with van der Waals surface area (Å²) in [7, 11) is -1.46. The van der Waals surface area contributed by atoms with E-state index in [1.165, 1.54) is 37.3 Å². The number of hydrogen-bond donors (Lipinski definition) is 1. The van der Waals surface area contributed by atoms with Crippen molar-refractivity contribution in [2.75, 3.05) is 25.1 Å². The highest BCUT2D eigenvalue weighted by Gasteiger charge is 2.34. The Labute approximate surface area is 257 Å². The topological polar surface area (TPSA) is 105 Å². The van der Waals surface area contributed by atoms with Crippen LogP contribution in [-0.4, -0.2) is 58.0 Å². The highest BCUT2D eigenvalue weighted by molar-refractivity contribution is 7.92. The Kier molecular flexibility index (Phi) is 11.5. The van der Waals surface area contributed by atoms with Crippen LogP contribution in [0.25, 0.3) is 0 Å². The largest absolute Gasteiger partial charge is 0.493 e. The lowest BCUT2D eigenvalue weighted by molar-refractivity contribution is -0.140. The van der Waals surface area contributed by atoms with Gasteiger partial charge in [-0.2, -0.15) is 0 Å². The molecule has 1 atom stereocenters. The van der Waals surface area contributed by atoms with E-state index < -0.39 is 28.5 Å². The van der Waals surface area contributed by atoms with Gasteiger partial charge in [-0.05, 0) is 56.7 Å². The highest BCUT2D eigenvalue weighted by Crippen LogP contribution is 2.33. The van der Waals surface area contributed by atoms with Crippen LogP contribution in [0.4, 0.5) is 5.69 Å². The summed E-state index contributed by atoms with van der Waals surface area (Å²) >= 11 is 12.9. The number of nitrogens with zero attached hydrogens (tertiary/aromatic N) is 2. The van der Waals surface area contributed by atoms with Crippen molar-refractivity contribution >= 4 is 50.7 Å². The molecule has 0 spiro atoms. The number of nitrogens with one attached hydrogen (secondary N) is 1. The van der Waals surface area contributed by atoms with Crippen LogP contribution in [0.3, 0.4) is 0 Å². The van der Waals surface area contributed by atoms with Gasteiger partial charge >= 0.3 is 0 Å². The van der Waals surface area contributed by atoms with E-state index >= 15 is 0 Å². The lowest BCUT2D eigenvalue weighted by atomic mass is 10.1. The molecule has 0 radical (unpaired) electrons. The number of benzene rings is 3. The fraction of sp³-hybridized carbons (Fsp3) is 0.333. The third-order valence-electron chi connectivity index (χ3n) is 6.47. The summed E-state index contributed by atoms with van der Waals surface area (Å²) in [5.74, 6) is -0.435. The minimum absolute atomic E-state index is 0.109. The number of methoxy groups -OCH3 is 2. The Morgan fingerprint density at radius 3 is 2.07 bits per heavy atom. The van der Waals surface area contributed by atoms with Crippen LogP contribution >= 0.6 is 23.2 Å². The highest BCUT2D eigenvalue weighted by atomic mass is 35.5. The van der Waals surface area contributed by atoms with E-state index in [-0.39, 0.29) is 41.2 Å². The summed E-state index contributed by atoms with van der Waals surface area (Å²) < 4.78 is 39.7. The van der Waals surface area contributed by atoms with Gasteiger partial charge in [0.1, 0.15) is 12.6 Å². The first-order chi connectivity index (χ1) is 19.9. The number of carbonyl (C=O) groups is 2. The average molecular weight is 637 g/mol.